The molecule has 1 aromatic rings. The van der Waals surface area contributed by atoms with Crippen molar-refractivity contribution in [2.45, 2.75) is 12.8 Å². The van der Waals surface area contributed by atoms with E-state index in [2.05, 4.69) is 18.2 Å². The monoisotopic (exact) mass is 159 g/mol. The number of hydrogen-bond acceptors (Lipinski definition) is 1. The molecule has 0 saturated carbocycles. The summed E-state index contributed by atoms with van der Waals surface area (Å²) in [6.07, 6.45) is 7.23. The number of hydrogen-bond donors (Lipinski definition) is 1. The summed E-state index contributed by atoms with van der Waals surface area (Å²) in [5.74, 6) is 0. The molecule has 0 heterocycles. The van der Waals surface area contributed by atoms with Gasteiger partial charge in [-0.25, -0.2) is 0 Å². The zero-order chi connectivity index (χ0) is 8.65. The lowest BCUT2D eigenvalue weighted by molar-refractivity contribution is 1.25. The van der Waals surface area contributed by atoms with Gasteiger partial charge in [-0.3, -0.25) is 0 Å². The van der Waals surface area contributed by atoms with E-state index in [-0.39, 0.29) is 0 Å². The second-order valence-corrected chi connectivity index (χ2v) is 2.60. The smallest absolute Gasteiger partial charge is 0.00000689 e. The minimum absolute atomic E-state index is 0.743. The van der Waals surface area contributed by atoms with E-state index in [1.165, 1.54) is 11.8 Å². The van der Waals surface area contributed by atoms with Crippen LogP contribution in [0.25, 0.3) is 0 Å². The summed E-state index contributed by atoms with van der Waals surface area (Å²) in [4.78, 5) is 0. The van der Waals surface area contributed by atoms with Gasteiger partial charge in [-0.15, -0.1) is 0 Å². The van der Waals surface area contributed by atoms with Gasteiger partial charge >= 0.3 is 0 Å². The van der Waals surface area contributed by atoms with Crippen LogP contribution in [0.5, 0.6) is 0 Å². The molecule has 62 valence electrons. The van der Waals surface area contributed by atoms with E-state index in [1.807, 2.05) is 24.3 Å². The number of rotatable bonds is 4. The molecule has 0 bridgehead atoms. The van der Waals surface area contributed by atoms with Gasteiger partial charge in [0, 0.05) is 0 Å². The summed E-state index contributed by atoms with van der Waals surface area (Å²) in [5.41, 5.74) is 1.32. The van der Waals surface area contributed by atoms with Crippen LogP contribution in [-0.2, 0) is 6.42 Å². The van der Waals surface area contributed by atoms with Gasteiger partial charge in [0.15, 0.2) is 0 Å². The highest BCUT2D eigenvalue weighted by Gasteiger charge is 1.84. The number of benzene rings is 1. The molecule has 1 N–H and O–H groups in total. The molecule has 0 unspecified atom stereocenters. The van der Waals surface area contributed by atoms with Gasteiger partial charge in [0.1, 0.15) is 0 Å². The molecule has 1 rings (SSSR count). The van der Waals surface area contributed by atoms with Crippen molar-refractivity contribution in [3.63, 3.8) is 0 Å². The van der Waals surface area contributed by atoms with Gasteiger partial charge in [-0.2, -0.15) is 0 Å². The molecule has 0 aromatic heterocycles. The van der Waals surface area contributed by atoms with E-state index in [1.54, 1.807) is 0 Å². The highest BCUT2D eigenvalue weighted by molar-refractivity contribution is 5.55. The maximum Gasteiger partial charge on any atom is -0.00000689 e. The Kier molecular flexibility index (Phi) is 3.86. The molecule has 0 fully saturated rings. The summed E-state index contributed by atoms with van der Waals surface area (Å²) < 4.78 is 0. The molecule has 1 nitrogen and oxygen atoms in total. The number of nitrogens with one attached hydrogen (secondary N) is 1. The van der Waals surface area contributed by atoms with E-state index in [9.17, 15) is 0 Å². The van der Waals surface area contributed by atoms with E-state index in [0.29, 0.717) is 0 Å². The highest BCUT2D eigenvalue weighted by Crippen LogP contribution is 1.99. The average molecular weight is 159 g/mol. The minimum Gasteiger partial charge on any atom is -0.313 e. The maximum atomic E-state index is 6.81. The second kappa shape index (κ2) is 5.30. The Morgan fingerprint density at radius 1 is 1.08 bits per heavy atom. The van der Waals surface area contributed by atoms with E-state index in [0.717, 1.165) is 12.8 Å². The summed E-state index contributed by atoms with van der Waals surface area (Å²) >= 11 is 0. The fourth-order valence-electron chi connectivity index (χ4n) is 0.998. The molecular weight excluding hydrogens is 146 g/mol. The van der Waals surface area contributed by atoms with Crippen LogP contribution in [0.15, 0.2) is 42.5 Å². The Bertz CT molecular complexity index is 249. The third kappa shape index (κ3) is 3.15. The predicted molar refractivity (Wildman–Crippen MR) is 52.7 cm³/mol. The van der Waals surface area contributed by atoms with Crippen LogP contribution in [-0.4, -0.2) is 6.21 Å². The van der Waals surface area contributed by atoms with Crippen molar-refractivity contribution in [3.05, 3.63) is 48.0 Å². The molecule has 0 spiro atoms. The Balaban J connectivity index is 2.38. The molecule has 0 aliphatic heterocycles. The molecule has 0 aliphatic rings. The third-order valence-electron chi connectivity index (χ3n) is 1.62. The van der Waals surface area contributed by atoms with Crippen molar-refractivity contribution in [1.82, 2.24) is 0 Å². The molecule has 0 saturated heterocycles. The molecule has 12 heavy (non-hydrogen) atoms. The topological polar surface area (TPSA) is 23.9 Å². The summed E-state index contributed by atoms with van der Waals surface area (Å²) in [6, 6.07) is 10.3. The van der Waals surface area contributed by atoms with E-state index in [4.69, 9.17) is 5.41 Å². The Hall–Kier alpha value is -1.37. The van der Waals surface area contributed by atoms with Gasteiger partial charge in [0.25, 0.3) is 0 Å². The van der Waals surface area contributed by atoms with E-state index >= 15 is 0 Å². The average Bonchev–Trinajstić information content (AvgIpc) is 2.14. The molecule has 0 radical (unpaired) electrons. The normalized spacial score (nSPS) is 10.3. The lowest BCUT2D eigenvalue weighted by Crippen LogP contribution is -1.78. The lowest BCUT2D eigenvalue weighted by Gasteiger charge is -1.92. The standard InChI is InChI=1S/C11H13N/c12-10-6-2-5-9-11-7-3-1-4-8-11/h1-5,7-8,10,12H,6,9H2. The van der Waals surface area contributed by atoms with Gasteiger partial charge in [0.2, 0.25) is 0 Å². The first-order valence-electron chi connectivity index (χ1n) is 4.11. The van der Waals surface area contributed by atoms with Crippen molar-refractivity contribution in [3.8, 4) is 0 Å². The van der Waals surface area contributed by atoms with Crippen molar-refractivity contribution in [1.29, 1.82) is 5.41 Å². The zero-order valence-electron chi connectivity index (χ0n) is 7.03. The first kappa shape index (κ1) is 8.72. The summed E-state index contributed by atoms with van der Waals surface area (Å²) in [5, 5.41) is 6.81. The minimum atomic E-state index is 0.743. The molecule has 1 aromatic carbocycles. The summed E-state index contributed by atoms with van der Waals surface area (Å²) in [6.45, 7) is 0. The summed E-state index contributed by atoms with van der Waals surface area (Å²) in [7, 11) is 0. The highest BCUT2D eigenvalue weighted by atomic mass is 14.3. The van der Waals surface area contributed by atoms with Crippen LogP contribution in [0, 0.1) is 5.41 Å². The van der Waals surface area contributed by atoms with Crippen LogP contribution in [0.1, 0.15) is 12.0 Å². The molecular formula is C11H13N. The van der Waals surface area contributed by atoms with Gasteiger partial charge in [0.05, 0.1) is 0 Å². The third-order valence-corrected chi connectivity index (χ3v) is 1.62. The van der Waals surface area contributed by atoms with Crippen LogP contribution in [0.2, 0.25) is 0 Å². The van der Waals surface area contributed by atoms with Crippen molar-refractivity contribution in [2.75, 3.05) is 0 Å². The Morgan fingerprint density at radius 2 is 1.83 bits per heavy atom. The number of allylic oxidation sites excluding steroid dienone is 2. The van der Waals surface area contributed by atoms with Crippen LogP contribution >= 0.6 is 0 Å². The molecule has 0 amide bonds. The van der Waals surface area contributed by atoms with Crippen LogP contribution in [0.4, 0.5) is 0 Å². The van der Waals surface area contributed by atoms with Crippen LogP contribution in [0.3, 0.4) is 0 Å². The maximum absolute atomic E-state index is 6.81. The van der Waals surface area contributed by atoms with Gasteiger partial charge in [-0.1, -0.05) is 42.5 Å². The predicted octanol–water partition coefficient (Wildman–Crippen LogP) is 2.82. The molecule has 1 heteroatoms. The van der Waals surface area contributed by atoms with Gasteiger partial charge < -0.3 is 5.41 Å². The fourth-order valence-corrected chi connectivity index (χ4v) is 0.998. The lowest BCUT2D eigenvalue weighted by atomic mass is 10.1. The first-order valence-corrected chi connectivity index (χ1v) is 4.11. The SMILES string of the molecule is N=CCC=CCc1ccccc1. The van der Waals surface area contributed by atoms with E-state index < -0.39 is 0 Å². The Morgan fingerprint density at radius 3 is 2.50 bits per heavy atom. The van der Waals surface area contributed by atoms with Gasteiger partial charge in [-0.05, 0) is 24.6 Å². The van der Waals surface area contributed by atoms with Crippen molar-refractivity contribution >= 4 is 6.21 Å². The molecule has 0 aliphatic carbocycles. The van der Waals surface area contributed by atoms with Crippen molar-refractivity contribution < 1.29 is 0 Å². The molecule has 0 atom stereocenters. The largest absolute Gasteiger partial charge is 0.313 e. The Labute approximate surface area is 73.3 Å². The quantitative estimate of drug-likeness (QED) is 0.516. The van der Waals surface area contributed by atoms with Crippen LogP contribution < -0.4 is 0 Å². The first-order chi connectivity index (χ1) is 5.93. The zero-order valence-corrected chi connectivity index (χ0v) is 7.03. The fraction of sp³-hybridized carbons (Fsp3) is 0.182. The second-order valence-electron chi connectivity index (χ2n) is 2.60. The van der Waals surface area contributed by atoms with Crippen molar-refractivity contribution in [2.24, 2.45) is 0 Å².